The van der Waals surface area contributed by atoms with Gasteiger partial charge in [-0.05, 0) is 18.6 Å². The number of aliphatic hydroxyl groups excluding tert-OH is 1. The Balaban J connectivity index is 1.71. The van der Waals surface area contributed by atoms with E-state index in [0.717, 1.165) is 11.6 Å². The fourth-order valence-corrected chi connectivity index (χ4v) is 2.27. The molecule has 2 aromatic heterocycles. The molecular weight excluding hydrogens is 322 g/mol. The molecular formula is C18H15N3O4. The Labute approximate surface area is 143 Å². The summed E-state index contributed by atoms with van der Waals surface area (Å²) in [4.78, 5) is 26.8. The van der Waals surface area contributed by atoms with Gasteiger partial charge in [0.05, 0.1) is 5.56 Å². The molecule has 3 aromatic rings. The van der Waals surface area contributed by atoms with Gasteiger partial charge in [-0.2, -0.15) is 5.10 Å². The lowest BCUT2D eigenvalue weighted by atomic mass is 10.1. The van der Waals surface area contributed by atoms with Crippen molar-refractivity contribution in [3.8, 4) is 0 Å². The van der Waals surface area contributed by atoms with Gasteiger partial charge in [-0.3, -0.25) is 14.7 Å². The lowest BCUT2D eigenvalue weighted by molar-refractivity contribution is 0.101. The van der Waals surface area contributed by atoms with Crippen LogP contribution in [0.15, 0.2) is 53.4 Å². The van der Waals surface area contributed by atoms with Crippen LogP contribution in [0.4, 0.5) is 0 Å². The number of hydrogen-bond donors (Lipinski definition) is 2. The van der Waals surface area contributed by atoms with Crippen LogP contribution in [0.1, 0.15) is 44.8 Å². The van der Waals surface area contributed by atoms with Crippen molar-refractivity contribution in [2.75, 3.05) is 0 Å². The van der Waals surface area contributed by atoms with Crippen molar-refractivity contribution in [3.05, 3.63) is 77.3 Å². The first kappa shape index (κ1) is 16.4. The van der Waals surface area contributed by atoms with Gasteiger partial charge in [0.2, 0.25) is 5.78 Å². The molecule has 7 heteroatoms. The maximum absolute atomic E-state index is 11.8. The summed E-state index contributed by atoms with van der Waals surface area (Å²) >= 11 is 0. The predicted molar refractivity (Wildman–Crippen MR) is 89.3 cm³/mol. The zero-order chi connectivity index (χ0) is 17.8. The number of rotatable bonds is 6. The minimum Gasteiger partial charge on any atom is -0.507 e. The van der Waals surface area contributed by atoms with Gasteiger partial charge in [-0.25, -0.2) is 4.98 Å². The highest BCUT2D eigenvalue weighted by Crippen LogP contribution is 2.19. The van der Waals surface area contributed by atoms with Crippen molar-refractivity contribution in [2.45, 2.75) is 13.3 Å². The summed E-state index contributed by atoms with van der Waals surface area (Å²) in [7, 11) is 0. The molecule has 0 unspecified atom stereocenters. The molecule has 7 nitrogen and oxygen atoms in total. The number of hydrogen-bond acceptors (Lipinski definition) is 6. The highest BCUT2D eigenvalue weighted by atomic mass is 16.3. The molecule has 0 spiro atoms. The number of aliphatic hydroxyl groups is 1. The molecule has 2 heterocycles. The number of Topliss-reactive ketones (excluding diaryl/α,β-unsaturated/α-hetero) is 1. The van der Waals surface area contributed by atoms with E-state index in [1.165, 1.54) is 19.5 Å². The number of carbonyl (C=O) groups is 2. The number of benzene rings is 1. The van der Waals surface area contributed by atoms with Crippen LogP contribution in [-0.4, -0.2) is 31.9 Å². The van der Waals surface area contributed by atoms with Crippen LogP contribution in [0.25, 0.3) is 5.76 Å². The first-order valence-electron chi connectivity index (χ1n) is 7.51. The molecule has 0 aliphatic carbocycles. The van der Waals surface area contributed by atoms with E-state index in [2.05, 4.69) is 15.2 Å². The summed E-state index contributed by atoms with van der Waals surface area (Å²) in [5.74, 6) is -0.0299. The van der Waals surface area contributed by atoms with Crippen LogP contribution < -0.4 is 0 Å². The predicted octanol–water partition coefficient (Wildman–Crippen LogP) is 2.97. The van der Waals surface area contributed by atoms with Crippen LogP contribution in [0, 0.1) is 0 Å². The maximum atomic E-state index is 11.8. The second-order valence-electron chi connectivity index (χ2n) is 5.46. The average molecular weight is 337 g/mol. The number of furan rings is 1. The number of nitrogens with zero attached hydrogens (tertiary/aromatic N) is 2. The Kier molecular flexibility index (Phi) is 4.56. The lowest BCUT2D eigenvalue weighted by Crippen LogP contribution is -1.99. The smallest absolute Gasteiger partial charge is 0.226 e. The Bertz CT molecular complexity index is 922. The van der Waals surface area contributed by atoms with Gasteiger partial charge < -0.3 is 9.52 Å². The minimum atomic E-state index is -0.488. The maximum Gasteiger partial charge on any atom is 0.226 e. The summed E-state index contributed by atoms with van der Waals surface area (Å²) in [5.41, 5.74) is 2.01. The number of aromatic nitrogens is 3. The fraction of sp³-hybridized carbons (Fsp3) is 0.111. The average Bonchev–Trinajstić information content (AvgIpc) is 3.27. The van der Waals surface area contributed by atoms with Gasteiger partial charge in [0.25, 0.3) is 0 Å². The van der Waals surface area contributed by atoms with E-state index in [4.69, 9.17) is 4.42 Å². The van der Waals surface area contributed by atoms with E-state index < -0.39 is 5.78 Å². The molecule has 1 aromatic carbocycles. The van der Waals surface area contributed by atoms with Crippen molar-refractivity contribution >= 4 is 17.3 Å². The number of ketones is 2. The van der Waals surface area contributed by atoms with E-state index in [-0.39, 0.29) is 17.4 Å². The van der Waals surface area contributed by atoms with Crippen LogP contribution in [0.2, 0.25) is 0 Å². The highest BCUT2D eigenvalue weighted by molar-refractivity contribution is 6.05. The molecule has 2 N–H and O–H groups in total. The van der Waals surface area contributed by atoms with Gasteiger partial charge >= 0.3 is 0 Å². The second kappa shape index (κ2) is 6.96. The quantitative estimate of drug-likeness (QED) is 0.406. The lowest BCUT2D eigenvalue weighted by Gasteiger charge is -2.00. The Hall–Kier alpha value is -3.48. The number of aromatic amines is 1. The van der Waals surface area contributed by atoms with Gasteiger partial charge in [-0.1, -0.05) is 24.3 Å². The summed E-state index contributed by atoms with van der Waals surface area (Å²) in [5, 5.41) is 16.1. The molecule has 0 radical (unpaired) electrons. The molecule has 0 aliphatic heterocycles. The molecule has 3 rings (SSSR count). The Morgan fingerprint density at radius 2 is 2.00 bits per heavy atom. The third-order valence-corrected chi connectivity index (χ3v) is 3.60. The Morgan fingerprint density at radius 1 is 1.24 bits per heavy atom. The molecule has 25 heavy (non-hydrogen) atoms. The highest BCUT2D eigenvalue weighted by Gasteiger charge is 2.11. The number of carbonyl (C=O) groups excluding carboxylic acids is 2. The van der Waals surface area contributed by atoms with Crippen molar-refractivity contribution in [2.24, 2.45) is 0 Å². The number of allylic oxidation sites excluding steroid dienone is 1. The monoisotopic (exact) mass is 337 g/mol. The van der Waals surface area contributed by atoms with Gasteiger partial charge in [-0.15, -0.1) is 0 Å². The van der Waals surface area contributed by atoms with Crippen molar-refractivity contribution in [1.29, 1.82) is 0 Å². The molecule has 126 valence electrons. The van der Waals surface area contributed by atoms with E-state index in [1.807, 2.05) is 12.1 Å². The summed E-state index contributed by atoms with van der Waals surface area (Å²) in [6.07, 6.45) is 4.14. The van der Waals surface area contributed by atoms with Crippen LogP contribution in [0.3, 0.4) is 0 Å². The van der Waals surface area contributed by atoms with Crippen LogP contribution in [0.5, 0.6) is 0 Å². The molecule has 0 saturated heterocycles. The van der Waals surface area contributed by atoms with E-state index in [1.54, 1.807) is 18.2 Å². The fourth-order valence-electron chi connectivity index (χ4n) is 2.27. The van der Waals surface area contributed by atoms with E-state index in [9.17, 15) is 14.7 Å². The van der Waals surface area contributed by atoms with Crippen molar-refractivity contribution in [3.63, 3.8) is 0 Å². The van der Waals surface area contributed by atoms with Crippen LogP contribution >= 0.6 is 0 Å². The molecule has 0 amide bonds. The van der Waals surface area contributed by atoms with Gasteiger partial charge in [0.15, 0.2) is 11.6 Å². The molecule has 0 bridgehead atoms. The van der Waals surface area contributed by atoms with E-state index in [0.29, 0.717) is 23.3 Å². The van der Waals surface area contributed by atoms with E-state index >= 15 is 0 Å². The molecule has 0 saturated carbocycles. The van der Waals surface area contributed by atoms with Gasteiger partial charge in [0.1, 0.15) is 24.1 Å². The first-order valence-corrected chi connectivity index (χ1v) is 7.51. The van der Waals surface area contributed by atoms with Crippen molar-refractivity contribution in [1.82, 2.24) is 15.2 Å². The minimum absolute atomic E-state index is 0.0123. The Morgan fingerprint density at radius 3 is 2.64 bits per heavy atom. The second-order valence-corrected chi connectivity index (χ2v) is 5.46. The zero-order valence-electron chi connectivity index (χ0n) is 13.4. The zero-order valence-corrected chi connectivity index (χ0v) is 13.4. The van der Waals surface area contributed by atoms with Crippen molar-refractivity contribution < 1.29 is 19.1 Å². The molecule has 0 fully saturated rings. The first-order chi connectivity index (χ1) is 12.0. The summed E-state index contributed by atoms with van der Waals surface area (Å²) < 4.78 is 5.42. The van der Waals surface area contributed by atoms with Gasteiger partial charge in [0, 0.05) is 18.1 Å². The third-order valence-electron chi connectivity index (χ3n) is 3.60. The normalized spacial score (nSPS) is 11.5. The summed E-state index contributed by atoms with van der Waals surface area (Å²) in [6.45, 7) is 1.52. The molecule has 0 aliphatic rings. The number of nitrogens with one attached hydrogen (secondary N) is 1. The number of H-pyrrole nitrogens is 1. The topological polar surface area (TPSA) is 109 Å². The standard InChI is InChI=1S/C18H15N3O4/c1-11(22)13-4-2-12(3-5-13)6-15-7-14(9-25-15)16(23)8-17(24)18-19-10-20-21-18/h2-5,7-10,23H,6H2,1H3,(H,19,20,21). The summed E-state index contributed by atoms with van der Waals surface area (Å²) in [6, 6.07) is 8.87. The van der Waals surface area contributed by atoms with Crippen LogP contribution in [-0.2, 0) is 6.42 Å². The largest absolute Gasteiger partial charge is 0.507 e. The third kappa shape index (κ3) is 3.89. The SMILES string of the molecule is CC(=O)c1ccc(Cc2cc(C(O)=CC(=O)c3ncn[nH]3)co2)cc1. The molecule has 0 atom stereocenters.